The first-order valence-electron chi connectivity index (χ1n) is 11.6. The number of nitrogens with one attached hydrogen (secondary N) is 2. The van der Waals surface area contributed by atoms with Crippen LogP contribution in [0.25, 0.3) is 11.2 Å². The fourth-order valence-corrected chi connectivity index (χ4v) is 4.00. The van der Waals surface area contributed by atoms with Crippen molar-refractivity contribution in [3.05, 3.63) is 45.1 Å². The molecule has 0 amide bonds. The van der Waals surface area contributed by atoms with Gasteiger partial charge in [-0.1, -0.05) is 0 Å². The second-order valence-electron chi connectivity index (χ2n) is 8.41. The van der Waals surface area contributed by atoms with Crippen LogP contribution in [0.5, 0.6) is 11.5 Å². The van der Waals surface area contributed by atoms with Crippen molar-refractivity contribution in [1.29, 1.82) is 0 Å². The second kappa shape index (κ2) is 11.4. The van der Waals surface area contributed by atoms with Gasteiger partial charge in [0.15, 0.2) is 11.2 Å². The third-order valence-corrected chi connectivity index (χ3v) is 5.94. The lowest BCUT2D eigenvalue weighted by molar-refractivity contribution is 0.0378. The number of nitrogens with zero attached hydrogens (tertiary/aromatic N) is 4. The molecule has 3 aromatic rings. The number of methoxy groups -OCH3 is 1. The number of rotatable bonds is 11. The van der Waals surface area contributed by atoms with E-state index in [1.54, 1.807) is 43.0 Å². The molecule has 0 aliphatic carbocycles. The summed E-state index contributed by atoms with van der Waals surface area (Å²) in [6, 6.07) is 7.04. The Bertz CT molecular complexity index is 1230. The molecule has 0 bridgehead atoms. The fraction of sp³-hybridized carbons (Fsp3) is 0.522. The number of aryl methyl sites for hydroxylation is 1. The maximum Gasteiger partial charge on any atom is 0.329 e. The van der Waals surface area contributed by atoms with Crippen molar-refractivity contribution in [3.63, 3.8) is 0 Å². The molecule has 1 fully saturated rings. The summed E-state index contributed by atoms with van der Waals surface area (Å²) in [6.45, 7) is 4.91. The van der Waals surface area contributed by atoms with Crippen molar-refractivity contribution in [2.45, 2.75) is 19.1 Å². The molecule has 1 aromatic carbocycles. The SMILES string of the molecule is COc1ccc(OC[C@@H](O)Cn2c(NCCCN3CCOCC3)nc3c2c(=O)[nH]c(=O)n3C)cc1. The number of aromatic nitrogens is 4. The maximum atomic E-state index is 12.6. The van der Waals surface area contributed by atoms with Crippen LogP contribution in [-0.2, 0) is 18.3 Å². The topological polar surface area (TPSA) is 136 Å². The largest absolute Gasteiger partial charge is 0.497 e. The lowest BCUT2D eigenvalue weighted by Crippen LogP contribution is -2.37. The number of anilines is 1. The van der Waals surface area contributed by atoms with Crippen LogP contribution in [0.2, 0.25) is 0 Å². The molecular weight excluding hydrogens is 456 g/mol. The van der Waals surface area contributed by atoms with Gasteiger partial charge in [0.1, 0.15) is 24.2 Å². The standard InChI is InChI=1S/C23H32N6O6/c1-27-20-19(21(31)26-23(27)32)29(14-16(30)15-35-18-6-4-17(33-2)5-7-18)22(25-20)24-8-3-9-28-10-12-34-13-11-28/h4-7,16,30H,3,8-15H2,1-2H3,(H,24,25)(H,26,31,32)/t16-/m0/s1. The number of imidazole rings is 1. The van der Waals surface area contributed by atoms with Gasteiger partial charge in [-0.2, -0.15) is 4.98 Å². The Morgan fingerprint density at radius 2 is 1.91 bits per heavy atom. The molecule has 1 aliphatic heterocycles. The smallest absolute Gasteiger partial charge is 0.329 e. The summed E-state index contributed by atoms with van der Waals surface area (Å²) in [4.78, 5) is 33.9. The summed E-state index contributed by atoms with van der Waals surface area (Å²) in [7, 11) is 3.13. The minimum Gasteiger partial charge on any atom is -0.497 e. The number of aromatic amines is 1. The van der Waals surface area contributed by atoms with Gasteiger partial charge in [-0.15, -0.1) is 0 Å². The van der Waals surface area contributed by atoms with Crippen LogP contribution in [0, 0.1) is 0 Å². The van der Waals surface area contributed by atoms with E-state index in [0.717, 1.165) is 39.3 Å². The van der Waals surface area contributed by atoms with Crippen LogP contribution < -0.4 is 26.0 Å². The molecule has 0 saturated carbocycles. The van der Waals surface area contributed by atoms with Crippen LogP contribution in [0.4, 0.5) is 5.95 Å². The van der Waals surface area contributed by atoms with E-state index in [1.165, 1.54) is 4.57 Å². The van der Waals surface area contributed by atoms with Crippen LogP contribution in [0.3, 0.4) is 0 Å². The molecule has 3 heterocycles. The molecule has 35 heavy (non-hydrogen) atoms. The monoisotopic (exact) mass is 488 g/mol. The first-order valence-corrected chi connectivity index (χ1v) is 11.6. The van der Waals surface area contributed by atoms with Crippen LogP contribution in [0.1, 0.15) is 6.42 Å². The van der Waals surface area contributed by atoms with Crippen LogP contribution >= 0.6 is 0 Å². The first-order chi connectivity index (χ1) is 17.0. The number of hydrogen-bond acceptors (Lipinski definition) is 9. The van der Waals surface area contributed by atoms with Gasteiger partial charge in [-0.3, -0.25) is 19.2 Å². The summed E-state index contributed by atoms with van der Waals surface area (Å²) < 4.78 is 19.1. The van der Waals surface area contributed by atoms with E-state index < -0.39 is 17.4 Å². The number of aliphatic hydroxyl groups is 1. The molecule has 0 unspecified atom stereocenters. The Kier molecular flexibility index (Phi) is 8.06. The highest BCUT2D eigenvalue weighted by Crippen LogP contribution is 2.19. The summed E-state index contributed by atoms with van der Waals surface area (Å²) >= 11 is 0. The van der Waals surface area contributed by atoms with Crippen molar-refractivity contribution in [3.8, 4) is 11.5 Å². The fourth-order valence-electron chi connectivity index (χ4n) is 4.00. The predicted molar refractivity (Wildman–Crippen MR) is 130 cm³/mol. The normalized spacial score (nSPS) is 15.3. The molecule has 12 nitrogen and oxygen atoms in total. The average molecular weight is 489 g/mol. The summed E-state index contributed by atoms with van der Waals surface area (Å²) in [5.41, 5.74) is -0.640. The van der Waals surface area contributed by atoms with E-state index in [4.69, 9.17) is 14.2 Å². The summed E-state index contributed by atoms with van der Waals surface area (Å²) in [5, 5.41) is 14.0. The third-order valence-electron chi connectivity index (χ3n) is 5.94. The van der Waals surface area contributed by atoms with Crippen molar-refractivity contribution < 1.29 is 19.3 Å². The Morgan fingerprint density at radius 3 is 2.63 bits per heavy atom. The maximum absolute atomic E-state index is 12.6. The Morgan fingerprint density at radius 1 is 1.20 bits per heavy atom. The van der Waals surface area contributed by atoms with Gasteiger partial charge in [-0.05, 0) is 37.2 Å². The second-order valence-corrected chi connectivity index (χ2v) is 8.41. The molecule has 1 atom stereocenters. The van der Waals surface area contributed by atoms with Crippen molar-refractivity contribution in [2.24, 2.45) is 7.05 Å². The Labute approximate surface area is 202 Å². The summed E-state index contributed by atoms with van der Waals surface area (Å²) in [6.07, 6.45) is -0.0678. The number of morpholine rings is 1. The number of fused-ring (bicyclic) bond motifs is 1. The molecule has 1 aliphatic rings. The molecular formula is C23H32N6O6. The zero-order valence-electron chi connectivity index (χ0n) is 20.0. The van der Waals surface area contributed by atoms with Gasteiger partial charge >= 0.3 is 5.69 Å². The average Bonchev–Trinajstić information content (AvgIpc) is 3.23. The quantitative estimate of drug-likeness (QED) is 0.319. The van der Waals surface area contributed by atoms with Crippen LogP contribution in [-0.4, -0.2) is 88.3 Å². The molecule has 0 spiro atoms. The van der Waals surface area contributed by atoms with E-state index in [1.807, 2.05) is 0 Å². The van der Waals surface area contributed by atoms with Gasteiger partial charge < -0.3 is 29.2 Å². The van der Waals surface area contributed by atoms with Crippen molar-refractivity contribution in [2.75, 3.05) is 58.4 Å². The Hall–Kier alpha value is -3.35. The molecule has 2 aromatic heterocycles. The Balaban J connectivity index is 1.47. The van der Waals surface area contributed by atoms with E-state index in [-0.39, 0.29) is 24.3 Å². The zero-order chi connectivity index (χ0) is 24.8. The lowest BCUT2D eigenvalue weighted by atomic mass is 10.3. The predicted octanol–water partition coefficient (Wildman–Crippen LogP) is 0.00600. The number of ether oxygens (including phenoxy) is 3. The first kappa shape index (κ1) is 24.8. The molecule has 1 saturated heterocycles. The third kappa shape index (κ3) is 6.02. The number of H-pyrrole nitrogens is 1. The minimum absolute atomic E-state index is 0.00609. The van der Waals surface area contributed by atoms with E-state index >= 15 is 0 Å². The minimum atomic E-state index is -0.931. The van der Waals surface area contributed by atoms with Crippen molar-refractivity contribution >= 4 is 17.1 Å². The van der Waals surface area contributed by atoms with Crippen LogP contribution in [0.15, 0.2) is 33.9 Å². The van der Waals surface area contributed by atoms with Gasteiger partial charge in [0.2, 0.25) is 5.95 Å². The number of benzene rings is 1. The van der Waals surface area contributed by atoms with Crippen molar-refractivity contribution in [1.82, 2.24) is 24.0 Å². The highest BCUT2D eigenvalue weighted by molar-refractivity contribution is 5.74. The van der Waals surface area contributed by atoms with E-state index in [9.17, 15) is 14.7 Å². The molecule has 0 radical (unpaired) electrons. The van der Waals surface area contributed by atoms with Gasteiger partial charge in [0.05, 0.1) is 26.9 Å². The molecule has 3 N–H and O–H groups in total. The van der Waals surface area contributed by atoms with Gasteiger partial charge in [-0.25, -0.2) is 4.79 Å². The number of hydrogen-bond donors (Lipinski definition) is 3. The highest BCUT2D eigenvalue weighted by atomic mass is 16.5. The molecule has 12 heteroatoms. The zero-order valence-corrected chi connectivity index (χ0v) is 20.0. The summed E-state index contributed by atoms with van der Waals surface area (Å²) in [5.74, 6) is 1.70. The number of aliphatic hydroxyl groups excluding tert-OH is 1. The lowest BCUT2D eigenvalue weighted by Gasteiger charge is -2.26. The molecule has 4 rings (SSSR count). The van der Waals surface area contributed by atoms with Gasteiger partial charge in [0.25, 0.3) is 5.56 Å². The molecule has 190 valence electrons. The highest BCUT2D eigenvalue weighted by Gasteiger charge is 2.20. The van der Waals surface area contributed by atoms with Gasteiger partial charge in [0, 0.05) is 26.7 Å². The van der Waals surface area contributed by atoms with E-state index in [2.05, 4.69) is 20.2 Å². The van der Waals surface area contributed by atoms with E-state index in [0.29, 0.717) is 24.0 Å².